The molecule has 6 rings (SSSR count). The zero-order valence-electron chi connectivity index (χ0n) is 20.3. The van der Waals surface area contributed by atoms with Crippen LogP contribution in [0.4, 0.5) is 15.8 Å². The maximum absolute atomic E-state index is 16.1. The van der Waals surface area contributed by atoms with Crippen molar-refractivity contribution in [2.75, 3.05) is 4.90 Å². The minimum atomic E-state index is -0.484. The smallest absolute Gasteiger partial charge is 0.177 e. The Morgan fingerprint density at radius 3 is 2.30 bits per heavy atom. The average Bonchev–Trinajstić information content (AvgIpc) is 3.24. The van der Waals surface area contributed by atoms with E-state index in [2.05, 4.69) is 43.0 Å². The zero-order valence-corrected chi connectivity index (χ0v) is 20.3. The van der Waals surface area contributed by atoms with E-state index < -0.39 is 5.82 Å². The molecule has 0 fully saturated rings. The Labute approximate surface area is 213 Å². The second kappa shape index (κ2) is 7.71. The van der Waals surface area contributed by atoms with Crippen LogP contribution < -0.4 is 4.90 Å². The lowest BCUT2D eigenvalue weighted by molar-refractivity contribution is 0.620. The first-order chi connectivity index (χ1) is 17.9. The van der Waals surface area contributed by atoms with Crippen LogP contribution in [0.5, 0.6) is 0 Å². The molecular formula is C31H20FN5. The quantitative estimate of drug-likeness (QED) is 0.272. The highest BCUT2D eigenvalue weighted by Gasteiger charge is 2.38. The number of benzene rings is 3. The van der Waals surface area contributed by atoms with Crippen LogP contribution in [-0.4, -0.2) is 9.97 Å². The summed E-state index contributed by atoms with van der Waals surface area (Å²) in [5, 5.41) is 20.4. The molecule has 0 saturated carbocycles. The fourth-order valence-corrected chi connectivity index (χ4v) is 5.72. The predicted molar refractivity (Wildman–Crippen MR) is 142 cm³/mol. The van der Waals surface area contributed by atoms with Gasteiger partial charge in [-0.1, -0.05) is 69.5 Å². The van der Waals surface area contributed by atoms with Crippen LogP contribution >= 0.6 is 0 Å². The third-order valence-electron chi connectivity index (χ3n) is 7.34. The monoisotopic (exact) mass is 481 g/mol. The Morgan fingerprint density at radius 1 is 0.919 bits per heavy atom. The van der Waals surface area contributed by atoms with E-state index in [4.69, 9.17) is 0 Å². The molecule has 0 amide bonds. The lowest BCUT2D eigenvalue weighted by Gasteiger charge is -2.42. The second-order valence-corrected chi connectivity index (χ2v) is 9.51. The molecule has 176 valence electrons. The number of nitrogens with zero attached hydrogens (tertiary/aromatic N) is 5. The van der Waals surface area contributed by atoms with Crippen LogP contribution in [-0.2, 0) is 5.41 Å². The van der Waals surface area contributed by atoms with E-state index in [1.165, 1.54) is 6.07 Å². The second-order valence-electron chi connectivity index (χ2n) is 9.51. The van der Waals surface area contributed by atoms with Crippen molar-refractivity contribution in [1.29, 1.82) is 10.5 Å². The van der Waals surface area contributed by atoms with Gasteiger partial charge in [-0.2, -0.15) is 10.5 Å². The Morgan fingerprint density at radius 2 is 1.62 bits per heavy atom. The van der Waals surface area contributed by atoms with Crippen LogP contribution in [0.1, 0.15) is 30.8 Å². The van der Waals surface area contributed by atoms with Gasteiger partial charge >= 0.3 is 0 Å². The normalized spacial score (nSPS) is 14.6. The van der Waals surface area contributed by atoms with Gasteiger partial charge < -0.3 is 4.90 Å². The third kappa shape index (κ3) is 2.81. The zero-order chi connectivity index (χ0) is 26.1. The number of fused-ring (bicyclic) bond motifs is 4. The molecule has 0 atom stereocenters. The first-order valence-electron chi connectivity index (χ1n) is 11.7. The molecule has 2 heterocycles. The molecule has 5 nitrogen and oxygen atoms in total. The van der Waals surface area contributed by atoms with Crippen molar-refractivity contribution in [3.8, 4) is 34.7 Å². The topological polar surface area (TPSA) is 76.6 Å². The van der Waals surface area contributed by atoms with Crippen LogP contribution in [0.25, 0.3) is 33.3 Å². The van der Waals surface area contributed by atoms with E-state index in [1.807, 2.05) is 59.5 Å². The number of anilines is 2. The van der Waals surface area contributed by atoms with E-state index in [0.717, 1.165) is 27.9 Å². The molecule has 0 unspecified atom stereocenters. The molecular weight excluding hydrogens is 461 g/mol. The average molecular weight is 482 g/mol. The van der Waals surface area contributed by atoms with Gasteiger partial charge in [0.05, 0.1) is 17.1 Å². The molecule has 1 aromatic heterocycles. The summed E-state index contributed by atoms with van der Waals surface area (Å²) in [6.07, 6.45) is 3.62. The summed E-state index contributed by atoms with van der Waals surface area (Å²) >= 11 is 0. The highest BCUT2D eigenvalue weighted by atomic mass is 19.1. The van der Waals surface area contributed by atoms with E-state index in [0.29, 0.717) is 22.3 Å². The maximum Gasteiger partial charge on any atom is 0.177 e. The van der Waals surface area contributed by atoms with Gasteiger partial charge in [0, 0.05) is 33.0 Å². The molecule has 4 aromatic rings. The Bertz CT molecular complexity index is 1830. The first-order valence-corrected chi connectivity index (χ1v) is 11.7. The number of para-hydroxylation sites is 1. The molecule has 0 bridgehead atoms. The van der Waals surface area contributed by atoms with Crippen molar-refractivity contribution in [3.05, 3.63) is 108 Å². The number of hydrogen-bond donors (Lipinski definition) is 0. The molecule has 3 aromatic carbocycles. The van der Waals surface area contributed by atoms with Crippen LogP contribution in [0, 0.1) is 28.5 Å². The number of aromatic nitrogens is 2. The first kappa shape index (κ1) is 22.4. The van der Waals surface area contributed by atoms with Crippen LogP contribution in [0.2, 0.25) is 0 Å². The van der Waals surface area contributed by atoms with Gasteiger partial charge in [-0.25, -0.2) is 14.4 Å². The van der Waals surface area contributed by atoms with Gasteiger partial charge in [-0.05, 0) is 29.3 Å². The lowest BCUT2D eigenvalue weighted by atomic mass is 9.73. The van der Waals surface area contributed by atoms with Crippen LogP contribution in [0.3, 0.4) is 0 Å². The van der Waals surface area contributed by atoms with Crippen LogP contribution in [0.15, 0.2) is 85.1 Å². The van der Waals surface area contributed by atoms with Crippen molar-refractivity contribution in [2.24, 2.45) is 0 Å². The number of allylic oxidation sites excluding steroid dienone is 3. The molecule has 0 spiro atoms. The summed E-state index contributed by atoms with van der Waals surface area (Å²) in [4.78, 5) is 10.8. The molecule has 1 aliphatic carbocycles. The predicted octanol–water partition coefficient (Wildman–Crippen LogP) is 7.22. The summed E-state index contributed by atoms with van der Waals surface area (Å²) in [5.74, 6) is -0.484. The molecule has 0 radical (unpaired) electrons. The number of hydrogen-bond acceptors (Lipinski definition) is 5. The van der Waals surface area contributed by atoms with Crippen molar-refractivity contribution < 1.29 is 4.39 Å². The van der Waals surface area contributed by atoms with Gasteiger partial charge in [-0.3, -0.25) is 0 Å². The van der Waals surface area contributed by atoms with Gasteiger partial charge in [0.2, 0.25) is 0 Å². The van der Waals surface area contributed by atoms with E-state index in [1.54, 1.807) is 6.08 Å². The standard InChI is InChI=1S/C31H20FN5/c1-5-19-24(6-2)37(25-13-8-7-12-20(25)31(19,3)4)26-14-21(32)28-27-17(26)10-9-11-18(27)29-30(28)36-23(16-34)22(15-33)35-29/h5-14H,1-2H2,3-4H3. The summed E-state index contributed by atoms with van der Waals surface area (Å²) in [6, 6.07) is 19.1. The summed E-state index contributed by atoms with van der Waals surface area (Å²) in [7, 11) is 0. The number of nitriles is 2. The summed E-state index contributed by atoms with van der Waals surface area (Å²) in [6.45, 7) is 12.5. The largest absolute Gasteiger partial charge is 0.309 e. The van der Waals surface area contributed by atoms with Gasteiger partial charge in [0.1, 0.15) is 23.6 Å². The van der Waals surface area contributed by atoms with Crippen molar-refractivity contribution >= 4 is 22.1 Å². The van der Waals surface area contributed by atoms with E-state index >= 15 is 4.39 Å². The highest BCUT2D eigenvalue weighted by molar-refractivity contribution is 6.17. The van der Waals surface area contributed by atoms with Crippen molar-refractivity contribution in [2.45, 2.75) is 19.3 Å². The molecule has 1 aliphatic heterocycles. The minimum Gasteiger partial charge on any atom is -0.309 e. The number of rotatable bonds is 3. The molecule has 0 saturated heterocycles. The Kier molecular flexibility index (Phi) is 4.67. The molecule has 6 heteroatoms. The number of halogens is 1. The lowest BCUT2D eigenvalue weighted by Crippen LogP contribution is -2.33. The fourth-order valence-electron chi connectivity index (χ4n) is 5.72. The van der Waals surface area contributed by atoms with Gasteiger partial charge in [0.15, 0.2) is 11.4 Å². The SMILES string of the molecule is C=CC1=C(C=C)C(C)(C)c2ccccc2N1c1cc(F)c2c3c(cccc13)-c1nc(C#N)c(C#N)nc1-2. The third-order valence-corrected chi connectivity index (χ3v) is 7.34. The summed E-state index contributed by atoms with van der Waals surface area (Å²) < 4.78 is 16.1. The van der Waals surface area contributed by atoms with Gasteiger partial charge in [-0.15, -0.1) is 0 Å². The van der Waals surface area contributed by atoms with E-state index in [-0.39, 0.29) is 28.1 Å². The molecule has 2 aliphatic rings. The Balaban J connectivity index is 1.73. The van der Waals surface area contributed by atoms with Crippen molar-refractivity contribution in [1.82, 2.24) is 9.97 Å². The molecule has 0 N–H and O–H groups in total. The van der Waals surface area contributed by atoms with Crippen molar-refractivity contribution in [3.63, 3.8) is 0 Å². The minimum absolute atomic E-state index is 0.0774. The highest BCUT2D eigenvalue weighted by Crippen LogP contribution is 2.54. The Hall–Kier alpha value is -5.07. The van der Waals surface area contributed by atoms with Gasteiger partial charge in [0.25, 0.3) is 0 Å². The fraction of sp³-hybridized carbons (Fsp3) is 0.0968. The van der Waals surface area contributed by atoms with E-state index in [9.17, 15) is 10.5 Å². The maximum atomic E-state index is 16.1. The molecule has 37 heavy (non-hydrogen) atoms. The summed E-state index contributed by atoms with van der Waals surface area (Å²) in [5.41, 5.74) is 5.57.